The number of ether oxygens (including phenoxy) is 1. The maximum Gasteiger partial charge on any atom is 0.407 e. The lowest BCUT2D eigenvalue weighted by molar-refractivity contribution is 0.0504. The number of carbonyl (C=O) groups is 1. The standard InChI is InChI=1S/C16H24FN3O2/c1-11(12-5-6-14(17)18-9-12)20-8-7-13(10-20)19-15(21)22-16(2,3)4/h5-6,9,11,13H,7-8,10H2,1-4H3,(H,19,21)/t11?,13-/m0/s1. The molecule has 6 heteroatoms. The topological polar surface area (TPSA) is 54.5 Å². The highest BCUT2D eigenvalue weighted by atomic mass is 19.1. The first-order chi connectivity index (χ1) is 10.2. The summed E-state index contributed by atoms with van der Waals surface area (Å²) < 4.78 is 18.2. The summed E-state index contributed by atoms with van der Waals surface area (Å²) in [6.07, 6.45) is 2.06. The third-order valence-electron chi connectivity index (χ3n) is 3.72. The predicted molar refractivity (Wildman–Crippen MR) is 82.0 cm³/mol. The van der Waals surface area contributed by atoms with Gasteiger partial charge in [0.1, 0.15) is 5.60 Å². The maximum atomic E-state index is 12.9. The lowest BCUT2D eigenvalue weighted by Crippen LogP contribution is -2.40. The van der Waals surface area contributed by atoms with Gasteiger partial charge in [-0.25, -0.2) is 9.78 Å². The van der Waals surface area contributed by atoms with Crippen LogP contribution in [0.2, 0.25) is 0 Å². The largest absolute Gasteiger partial charge is 0.444 e. The van der Waals surface area contributed by atoms with Crippen molar-refractivity contribution in [2.24, 2.45) is 0 Å². The molecule has 1 unspecified atom stereocenters. The molecule has 2 rings (SSSR count). The van der Waals surface area contributed by atoms with Crippen molar-refractivity contribution >= 4 is 6.09 Å². The van der Waals surface area contributed by atoms with E-state index in [2.05, 4.69) is 22.1 Å². The number of rotatable bonds is 3. The van der Waals surface area contributed by atoms with Gasteiger partial charge in [-0.2, -0.15) is 4.39 Å². The number of likely N-dealkylation sites (tertiary alicyclic amines) is 1. The second-order valence-electron chi connectivity index (χ2n) is 6.72. The number of carbonyl (C=O) groups excluding carboxylic acids is 1. The highest BCUT2D eigenvalue weighted by molar-refractivity contribution is 5.68. The van der Waals surface area contributed by atoms with E-state index in [0.717, 1.165) is 25.1 Å². The minimum absolute atomic E-state index is 0.0747. The Kier molecular flexibility index (Phi) is 5.01. The third-order valence-corrected chi connectivity index (χ3v) is 3.72. The SMILES string of the molecule is CC(c1ccc(F)nc1)N1CC[C@H](NC(=O)OC(C)(C)C)C1. The molecular weight excluding hydrogens is 285 g/mol. The van der Waals surface area contributed by atoms with Crippen LogP contribution in [0, 0.1) is 5.95 Å². The van der Waals surface area contributed by atoms with Gasteiger partial charge in [0.2, 0.25) is 5.95 Å². The zero-order chi connectivity index (χ0) is 16.3. The number of hydrogen-bond donors (Lipinski definition) is 1. The molecule has 1 amide bonds. The number of nitrogens with one attached hydrogen (secondary N) is 1. The van der Waals surface area contributed by atoms with Crippen molar-refractivity contribution in [3.63, 3.8) is 0 Å². The minimum Gasteiger partial charge on any atom is -0.444 e. The number of amides is 1. The monoisotopic (exact) mass is 309 g/mol. The Labute approximate surface area is 130 Å². The zero-order valence-corrected chi connectivity index (χ0v) is 13.6. The summed E-state index contributed by atoms with van der Waals surface area (Å²) in [5.41, 5.74) is 0.481. The Balaban J connectivity index is 1.87. The Bertz CT molecular complexity index is 513. The van der Waals surface area contributed by atoms with Crippen LogP contribution < -0.4 is 5.32 Å². The molecule has 122 valence electrons. The molecule has 1 fully saturated rings. The zero-order valence-electron chi connectivity index (χ0n) is 13.6. The summed E-state index contributed by atoms with van der Waals surface area (Å²) in [6.45, 7) is 9.22. The molecule has 1 aliphatic heterocycles. The van der Waals surface area contributed by atoms with Crippen molar-refractivity contribution in [1.82, 2.24) is 15.2 Å². The molecule has 1 saturated heterocycles. The molecular formula is C16H24FN3O2. The number of pyridine rings is 1. The lowest BCUT2D eigenvalue weighted by atomic mass is 10.1. The number of hydrogen-bond acceptors (Lipinski definition) is 4. The average molecular weight is 309 g/mol. The van der Waals surface area contributed by atoms with Gasteiger partial charge >= 0.3 is 6.09 Å². The van der Waals surface area contributed by atoms with E-state index in [1.165, 1.54) is 6.07 Å². The first-order valence-corrected chi connectivity index (χ1v) is 7.59. The first-order valence-electron chi connectivity index (χ1n) is 7.59. The van der Waals surface area contributed by atoms with Crippen molar-refractivity contribution in [1.29, 1.82) is 0 Å². The second kappa shape index (κ2) is 6.60. The number of halogens is 1. The highest BCUT2D eigenvalue weighted by Crippen LogP contribution is 2.24. The molecule has 2 atom stereocenters. The average Bonchev–Trinajstić information content (AvgIpc) is 2.85. The number of alkyl carbamates (subject to hydrolysis) is 1. The van der Waals surface area contributed by atoms with Crippen LogP contribution >= 0.6 is 0 Å². The van der Waals surface area contributed by atoms with Gasteiger partial charge in [-0.1, -0.05) is 6.07 Å². The minimum atomic E-state index is -0.491. The summed E-state index contributed by atoms with van der Waals surface area (Å²) in [5.74, 6) is -0.471. The van der Waals surface area contributed by atoms with Gasteiger partial charge in [-0.15, -0.1) is 0 Å². The van der Waals surface area contributed by atoms with Gasteiger partial charge < -0.3 is 10.1 Å². The van der Waals surface area contributed by atoms with Crippen LogP contribution in [0.4, 0.5) is 9.18 Å². The van der Waals surface area contributed by atoms with Crippen molar-refractivity contribution in [3.05, 3.63) is 29.8 Å². The van der Waals surface area contributed by atoms with Crippen molar-refractivity contribution in [3.8, 4) is 0 Å². The van der Waals surface area contributed by atoms with Gasteiger partial charge in [0.25, 0.3) is 0 Å². The molecule has 0 saturated carbocycles. The van der Waals surface area contributed by atoms with Crippen molar-refractivity contribution in [2.75, 3.05) is 13.1 Å². The molecule has 1 aromatic heterocycles. The summed E-state index contributed by atoms with van der Waals surface area (Å²) in [7, 11) is 0. The molecule has 0 aromatic carbocycles. The molecule has 0 spiro atoms. The van der Waals surface area contributed by atoms with E-state index in [1.54, 1.807) is 12.3 Å². The van der Waals surface area contributed by atoms with E-state index < -0.39 is 11.5 Å². The van der Waals surface area contributed by atoms with Crippen LogP contribution in [0.25, 0.3) is 0 Å². The van der Waals surface area contributed by atoms with Gasteiger partial charge in [0, 0.05) is 31.4 Å². The van der Waals surface area contributed by atoms with E-state index >= 15 is 0 Å². The Morgan fingerprint density at radius 3 is 2.82 bits per heavy atom. The molecule has 1 aromatic rings. The van der Waals surface area contributed by atoms with Crippen molar-refractivity contribution in [2.45, 2.75) is 51.8 Å². The van der Waals surface area contributed by atoms with Gasteiger partial charge in [-0.05, 0) is 45.7 Å². The van der Waals surface area contributed by atoms with Crippen molar-refractivity contribution < 1.29 is 13.9 Å². The first kappa shape index (κ1) is 16.7. The molecule has 1 N–H and O–H groups in total. The van der Waals surface area contributed by atoms with E-state index in [-0.39, 0.29) is 18.2 Å². The van der Waals surface area contributed by atoms with Crippen LogP contribution in [0.3, 0.4) is 0 Å². The summed E-state index contributed by atoms with van der Waals surface area (Å²) in [4.78, 5) is 17.7. The van der Waals surface area contributed by atoms with E-state index in [1.807, 2.05) is 20.8 Å². The fourth-order valence-electron chi connectivity index (χ4n) is 2.58. The Hall–Kier alpha value is -1.69. The summed E-state index contributed by atoms with van der Waals surface area (Å²) in [5, 5.41) is 2.90. The molecule has 0 bridgehead atoms. The van der Waals surface area contributed by atoms with Crippen LogP contribution in [-0.4, -0.2) is 40.7 Å². The maximum absolute atomic E-state index is 12.9. The van der Waals surface area contributed by atoms with Gasteiger partial charge in [0.15, 0.2) is 0 Å². The predicted octanol–water partition coefficient (Wildman–Crippen LogP) is 2.88. The van der Waals surface area contributed by atoms with E-state index in [4.69, 9.17) is 4.74 Å². The van der Waals surface area contributed by atoms with Crippen LogP contribution in [0.15, 0.2) is 18.3 Å². The van der Waals surface area contributed by atoms with Crippen LogP contribution in [0.5, 0.6) is 0 Å². The Morgan fingerprint density at radius 2 is 2.23 bits per heavy atom. The fraction of sp³-hybridized carbons (Fsp3) is 0.625. The third kappa shape index (κ3) is 4.66. The Morgan fingerprint density at radius 1 is 1.50 bits per heavy atom. The van der Waals surface area contributed by atoms with E-state index in [9.17, 15) is 9.18 Å². The fourth-order valence-corrected chi connectivity index (χ4v) is 2.58. The summed E-state index contributed by atoms with van der Waals surface area (Å²) in [6, 6.07) is 3.34. The van der Waals surface area contributed by atoms with Crippen LogP contribution in [-0.2, 0) is 4.74 Å². The molecule has 0 radical (unpaired) electrons. The molecule has 0 aliphatic carbocycles. The molecule has 5 nitrogen and oxygen atoms in total. The normalized spacial score (nSPS) is 20.7. The van der Waals surface area contributed by atoms with Gasteiger partial charge in [-0.3, -0.25) is 4.90 Å². The lowest BCUT2D eigenvalue weighted by Gasteiger charge is -2.25. The quantitative estimate of drug-likeness (QED) is 0.872. The molecule has 1 aliphatic rings. The molecule has 2 heterocycles. The summed E-state index contributed by atoms with van der Waals surface area (Å²) >= 11 is 0. The highest BCUT2D eigenvalue weighted by Gasteiger charge is 2.29. The molecule has 22 heavy (non-hydrogen) atoms. The van der Waals surface area contributed by atoms with Gasteiger partial charge in [0.05, 0.1) is 0 Å². The smallest absolute Gasteiger partial charge is 0.407 e. The van der Waals surface area contributed by atoms with E-state index in [0.29, 0.717) is 0 Å². The number of aromatic nitrogens is 1. The number of nitrogens with zero attached hydrogens (tertiary/aromatic N) is 2. The second-order valence-corrected chi connectivity index (χ2v) is 6.72. The van der Waals surface area contributed by atoms with Crippen LogP contribution in [0.1, 0.15) is 45.7 Å².